The second-order valence-electron chi connectivity index (χ2n) is 9.17. The average molecular weight is 306 g/mol. The maximum Gasteiger partial charge on any atom is 0.133 e. The van der Waals surface area contributed by atoms with Crippen molar-refractivity contribution in [3.8, 4) is 0 Å². The highest BCUT2D eigenvalue weighted by atomic mass is 16.3. The number of aliphatic hydroxyl groups excluding tert-OH is 2. The largest absolute Gasteiger partial charge is 0.393 e. The third kappa shape index (κ3) is 1.84. The lowest BCUT2D eigenvalue weighted by Crippen LogP contribution is -2.58. The van der Waals surface area contributed by atoms with E-state index < -0.39 is 0 Å². The quantitative estimate of drug-likeness (QED) is 0.723. The van der Waals surface area contributed by atoms with Crippen LogP contribution in [-0.2, 0) is 4.79 Å². The lowest BCUT2D eigenvalue weighted by Gasteiger charge is -2.61. The summed E-state index contributed by atoms with van der Waals surface area (Å²) >= 11 is 0. The number of Topliss-reactive ketones (excluding diaryl/α,β-unsaturated/α-hetero) is 1. The molecule has 0 amide bonds. The van der Waals surface area contributed by atoms with Crippen molar-refractivity contribution in [2.75, 3.05) is 0 Å². The molecule has 2 N–H and O–H groups in total. The van der Waals surface area contributed by atoms with Gasteiger partial charge in [0.1, 0.15) is 5.78 Å². The second kappa shape index (κ2) is 4.80. The van der Waals surface area contributed by atoms with Gasteiger partial charge in [-0.2, -0.15) is 0 Å². The normalized spacial score (nSPS) is 57.9. The monoisotopic (exact) mass is 306 g/mol. The van der Waals surface area contributed by atoms with Crippen molar-refractivity contribution in [1.82, 2.24) is 0 Å². The van der Waals surface area contributed by atoms with Gasteiger partial charge in [0.15, 0.2) is 0 Å². The molecule has 0 aromatic heterocycles. The predicted molar refractivity (Wildman–Crippen MR) is 84.1 cm³/mol. The van der Waals surface area contributed by atoms with E-state index in [0.717, 1.165) is 32.1 Å². The summed E-state index contributed by atoms with van der Waals surface area (Å²) in [6.07, 6.45) is 6.95. The molecule has 0 heterocycles. The van der Waals surface area contributed by atoms with Gasteiger partial charge in [-0.3, -0.25) is 4.79 Å². The van der Waals surface area contributed by atoms with Crippen LogP contribution in [0.1, 0.15) is 65.2 Å². The van der Waals surface area contributed by atoms with Crippen LogP contribution in [0.2, 0.25) is 0 Å². The number of carbonyl (C=O) groups is 1. The maximum atomic E-state index is 11.9. The molecule has 0 aromatic carbocycles. The van der Waals surface area contributed by atoms with Crippen LogP contribution in [0.4, 0.5) is 0 Å². The van der Waals surface area contributed by atoms with E-state index in [-0.39, 0.29) is 29.0 Å². The summed E-state index contributed by atoms with van der Waals surface area (Å²) in [4.78, 5) is 11.9. The van der Waals surface area contributed by atoms with Crippen LogP contribution in [0, 0.1) is 34.5 Å². The summed E-state index contributed by atoms with van der Waals surface area (Å²) in [5.41, 5.74) is 0.194. The fourth-order valence-corrected chi connectivity index (χ4v) is 7.06. The molecule has 0 bridgehead atoms. The van der Waals surface area contributed by atoms with Crippen LogP contribution in [0.25, 0.3) is 0 Å². The van der Waals surface area contributed by atoms with Gasteiger partial charge in [-0.15, -0.1) is 0 Å². The first-order valence-electron chi connectivity index (χ1n) is 9.24. The fraction of sp³-hybridized carbons (Fsp3) is 0.947. The van der Waals surface area contributed by atoms with Gasteiger partial charge < -0.3 is 10.2 Å². The minimum Gasteiger partial charge on any atom is -0.393 e. The molecule has 22 heavy (non-hydrogen) atoms. The fourth-order valence-electron chi connectivity index (χ4n) is 7.06. The van der Waals surface area contributed by atoms with Gasteiger partial charge in [-0.1, -0.05) is 13.8 Å². The molecule has 0 unspecified atom stereocenters. The van der Waals surface area contributed by atoms with Crippen molar-refractivity contribution in [2.45, 2.75) is 77.4 Å². The molecular weight excluding hydrogens is 276 g/mol. The van der Waals surface area contributed by atoms with E-state index in [0.29, 0.717) is 36.4 Å². The van der Waals surface area contributed by atoms with Crippen molar-refractivity contribution in [2.24, 2.45) is 34.5 Å². The number of carbonyl (C=O) groups excluding carboxylic acids is 1. The lowest BCUT2D eigenvalue weighted by molar-refractivity contribution is -0.168. The van der Waals surface area contributed by atoms with E-state index >= 15 is 0 Å². The van der Waals surface area contributed by atoms with Crippen LogP contribution >= 0.6 is 0 Å². The van der Waals surface area contributed by atoms with Crippen molar-refractivity contribution in [1.29, 1.82) is 0 Å². The summed E-state index contributed by atoms with van der Waals surface area (Å²) in [5, 5.41) is 21.2. The van der Waals surface area contributed by atoms with Gasteiger partial charge in [-0.25, -0.2) is 0 Å². The minimum atomic E-state index is -0.324. The molecule has 4 aliphatic rings. The molecule has 0 aromatic rings. The number of rotatable bonds is 0. The first-order valence-corrected chi connectivity index (χ1v) is 9.24. The predicted octanol–water partition coefficient (Wildman–Crippen LogP) is 2.93. The van der Waals surface area contributed by atoms with Crippen LogP contribution in [0.15, 0.2) is 0 Å². The van der Waals surface area contributed by atoms with Gasteiger partial charge in [-0.05, 0) is 73.0 Å². The zero-order chi connectivity index (χ0) is 15.7. The Balaban J connectivity index is 1.68. The number of ketones is 1. The van der Waals surface area contributed by atoms with E-state index in [9.17, 15) is 15.0 Å². The molecule has 0 saturated heterocycles. The van der Waals surface area contributed by atoms with E-state index in [4.69, 9.17) is 0 Å². The van der Waals surface area contributed by atoms with Gasteiger partial charge in [0.2, 0.25) is 0 Å². The Kier molecular flexibility index (Phi) is 3.30. The van der Waals surface area contributed by atoms with Crippen LogP contribution in [-0.4, -0.2) is 28.2 Å². The zero-order valence-corrected chi connectivity index (χ0v) is 13.9. The number of aliphatic hydroxyl groups is 2. The number of fused-ring (bicyclic) bond motifs is 5. The molecular formula is C19H30O3. The molecule has 0 spiro atoms. The first-order chi connectivity index (χ1) is 10.4. The van der Waals surface area contributed by atoms with Crippen LogP contribution in [0.3, 0.4) is 0 Å². The SMILES string of the molecule is C[C@]12CCC(=O)C[C@@H]1[C@@H](O)C[C@@H]1[C@@H]2CC[C@]2(C)[C@H](O)CC[C@@H]12. The van der Waals surface area contributed by atoms with Crippen molar-refractivity contribution in [3.05, 3.63) is 0 Å². The maximum absolute atomic E-state index is 11.9. The molecule has 0 radical (unpaired) electrons. The molecule has 124 valence electrons. The van der Waals surface area contributed by atoms with Crippen molar-refractivity contribution < 1.29 is 15.0 Å². The topological polar surface area (TPSA) is 57.5 Å². The summed E-state index contributed by atoms with van der Waals surface area (Å²) in [6, 6.07) is 0. The molecule has 3 nitrogen and oxygen atoms in total. The number of hydrogen-bond donors (Lipinski definition) is 2. The molecule has 8 atom stereocenters. The van der Waals surface area contributed by atoms with E-state index in [1.807, 2.05) is 0 Å². The first kappa shape index (κ1) is 15.1. The zero-order valence-electron chi connectivity index (χ0n) is 13.9. The Labute approximate surface area is 133 Å². The second-order valence-corrected chi connectivity index (χ2v) is 9.17. The summed E-state index contributed by atoms with van der Waals surface area (Å²) in [7, 11) is 0. The number of hydrogen-bond acceptors (Lipinski definition) is 3. The minimum absolute atomic E-state index is 0.0641. The summed E-state index contributed by atoms with van der Waals surface area (Å²) in [5.74, 6) is 2.26. The Morgan fingerprint density at radius 3 is 2.45 bits per heavy atom. The highest BCUT2D eigenvalue weighted by Gasteiger charge is 2.61. The Bertz CT molecular complexity index is 489. The van der Waals surface area contributed by atoms with Crippen LogP contribution < -0.4 is 0 Å². The summed E-state index contributed by atoms with van der Waals surface area (Å²) < 4.78 is 0. The average Bonchev–Trinajstić information content (AvgIpc) is 2.77. The van der Waals surface area contributed by atoms with E-state index in [1.54, 1.807) is 0 Å². The van der Waals surface area contributed by atoms with Gasteiger partial charge in [0.05, 0.1) is 12.2 Å². The molecule has 4 saturated carbocycles. The molecule has 3 heteroatoms. The summed E-state index contributed by atoms with van der Waals surface area (Å²) in [6.45, 7) is 4.62. The van der Waals surface area contributed by atoms with Gasteiger partial charge in [0, 0.05) is 12.8 Å². The highest BCUT2D eigenvalue weighted by Crippen LogP contribution is 2.65. The van der Waals surface area contributed by atoms with E-state index in [1.165, 1.54) is 6.42 Å². The highest BCUT2D eigenvalue weighted by molar-refractivity contribution is 5.79. The van der Waals surface area contributed by atoms with Crippen molar-refractivity contribution in [3.63, 3.8) is 0 Å². The standard InChI is InChI=1S/C19H30O3/c1-18-7-5-11(20)9-15(18)16(21)10-12-13-3-4-17(22)19(13,2)8-6-14(12)18/h12-17,21-22H,3-10H2,1-2H3/t12-,13-,14-,15+,16-,17+,18+,19-/m0/s1. The third-order valence-electron chi connectivity index (χ3n) is 8.45. The third-order valence-corrected chi connectivity index (χ3v) is 8.45. The van der Waals surface area contributed by atoms with Crippen LogP contribution in [0.5, 0.6) is 0 Å². The molecule has 0 aliphatic heterocycles. The Hall–Kier alpha value is -0.410. The Morgan fingerprint density at radius 2 is 1.68 bits per heavy atom. The smallest absolute Gasteiger partial charge is 0.133 e. The van der Waals surface area contributed by atoms with E-state index in [2.05, 4.69) is 13.8 Å². The van der Waals surface area contributed by atoms with Gasteiger partial charge in [0.25, 0.3) is 0 Å². The molecule has 4 fully saturated rings. The van der Waals surface area contributed by atoms with Gasteiger partial charge >= 0.3 is 0 Å². The van der Waals surface area contributed by atoms with Crippen molar-refractivity contribution >= 4 is 5.78 Å². The lowest BCUT2D eigenvalue weighted by atomic mass is 9.44. The molecule has 4 rings (SSSR count). The Morgan fingerprint density at radius 1 is 0.955 bits per heavy atom. The molecule has 4 aliphatic carbocycles.